The number of aromatic hydroxyl groups is 1. The van der Waals surface area contributed by atoms with Gasteiger partial charge in [0.25, 0.3) is 5.91 Å². The molecule has 6 heteroatoms. The Hall–Kier alpha value is -1.82. The molecule has 0 saturated carbocycles. The molecule has 2 fully saturated rings. The number of nitrogens with zero attached hydrogens (tertiary/aromatic N) is 3. The summed E-state index contributed by atoms with van der Waals surface area (Å²) in [6.07, 6.45) is 4.03. The summed E-state index contributed by atoms with van der Waals surface area (Å²) in [5, 5.41) is 10.1. The van der Waals surface area contributed by atoms with E-state index in [4.69, 9.17) is 0 Å². The topological polar surface area (TPSA) is 65.8 Å². The van der Waals surface area contributed by atoms with Crippen molar-refractivity contribution in [3.05, 3.63) is 27.7 Å². The highest BCUT2D eigenvalue weighted by Gasteiger charge is 2.52. The first-order valence-electron chi connectivity index (χ1n) is 7.52. The molecule has 1 amide bonds. The molecule has 0 unspecified atom stereocenters. The molecule has 3 aliphatic heterocycles. The smallest absolute Gasteiger partial charge is 0.276 e. The number of rotatable bonds is 0. The number of aryl methyl sites for hydroxylation is 1. The van der Waals surface area contributed by atoms with E-state index in [1.54, 1.807) is 17.7 Å². The van der Waals surface area contributed by atoms with Crippen molar-refractivity contribution in [1.82, 2.24) is 14.4 Å². The maximum atomic E-state index is 12.8. The first-order chi connectivity index (χ1) is 10.0. The molecule has 0 radical (unpaired) electrons. The van der Waals surface area contributed by atoms with Gasteiger partial charge in [0, 0.05) is 30.4 Å². The summed E-state index contributed by atoms with van der Waals surface area (Å²) in [4.78, 5) is 29.0. The molecule has 4 rings (SSSR count). The van der Waals surface area contributed by atoms with Crippen LogP contribution in [-0.2, 0) is 6.54 Å². The van der Waals surface area contributed by atoms with Crippen LogP contribution in [0.15, 0.2) is 11.0 Å². The predicted molar refractivity (Wildman–Crippen MR) is 76.3 cm³/mol. The third-order valence-electron chi connectivity index (χ3n) is 5.27. The first kappa shape index (κ1) is 12.9. The van der Waals surface area contributed by atoms with Crippen LogP contribution in [0.4, 0.5) is 0 Å². The zero-order chi connectivity index (χ0) is 14.9. The quantitative estimate of drug-likeness (QED) is 0.756. The van der Waals surface area contributed by atoms with Gasteiger partial charge in [0.05, 0.1) is 6.54 Å². The van der Waals surface area contributed by atoms with Crippen molar-refractivity contribution in [2.45, 2.75) is 51.5 Å². The maximum Gasteiger partial charge on any atom is 0.276 e. The number of hydrogen-bond donors (Lipinski definition) is 1. The number of carbonyl (C=O) groups is 1. The molecular weight excluding hydrogens is 270 g/mol. The zero-order valence-corrected chi connectivity index (χ0v) is 12.2. The molecule has 6 nitrogen and oxygen atoms in total. The van der Waals surface area contributed by atoms with E-state index >= 15 is 0 Å². The lowest BCUT2D eigenvalue weighted by Gasteiger charge is -2.37. The van der Waals surface area contributed by atoms with Gasteiger partial charge >= 0.3 is 0 Å². The molecule has 1 aromatic heterocycles. The molecule has 21 heavy (non-hydrogen) atoms. The van der Waals surface area contributed by atoms with Crippen LogP contribution in [0, 0.1) is 6.92 Å². The second kappa shape index (κ2) is 4.10. The highest BCUT2D eigenvalue weighted by Crippen LogP contribution is 2.39. The van der Waals surface area contributed by atoms with Gasteiger partial charge in [-0.05, 0) is 26.7 Å². The van der Waals surface area contributed by atoms with E-state index < -0.39 is 11.2 Å². The molecule has 112 valence electrons. The van der Waals surface area contributed by atoms with Crippen LogP contribution < -0.4 is 5.43 Å². The molecule has 0 spiro atoms. The summed E-state index contributed by atoms with van der Waals surface area (Å²) < 4.78 is 1.75. The first-order valence-corrected chi connectivity index (χ1v) is 7.52. The van der Waals surface area contributed by atoms with Gasteiger partial charge < -0.3 is 14.6 Å². The largest absolute Gasteiger partial charge is 0.503 e. The zero-order valence-electron chi connectivity index (χ0n) is 12.2. The normalized spacial score (nSPS) is 31.2. The van der Waals surface area contributed by atoms with Gasteiger partial charge in [0.2, 0.25) is 5.43 Å². The van der Waals surface area contributed by atoms with E-state index in [1.165, 1.54) is 6.42 Å². The highest BCUT2D eigenvalue weighted by atomic mass is 16.3. The maximum absolute atomic E-state index is 12.8. The van der Waals surface area contributed by atoms with Crippen molar-refractivity contribution in [2.24, 2.45) is 0 Å². The molecule has 0 bridgehead atoms. The molecule has 3 aliphatic rings. The fourth-order valence-corrected chi connectivity index (χ4v) is 4.29. The van der Waals surface area contributed by atoms with Gasteiger partial charge in [-0.2, -0.15) is 0 Å². The Labute approximate surface area is 122 Å². The van der Waals surface area contributed by atoms with Crippen molar-refractivity contribution in [3.8, 4) is 5.75 Å². The van der Waals surface area contributed by atoms with Gasteiger partial charge in [-0.25, -0.2) is 0 Å². The minimum absolute atomic E-state index is 0.0498. The Kier molecular flexibility index (Phi) is 2.52. The Bertz CT molecular complexity index is 696. The number of aromatic nitrogens is 1. The van der Waals surface area contributed by atoms with E-state index in [9.17, 15) is 14.7 Å². The van der Waals surface area contributed by atoms with Gasteiger partial charge in [-0.3, -0.25) is 14.5 Å². The fourth-order valence-electron chi connectivity index (χ4n) is 4.29. The van der Waals surface area contributed by atoms with E-state index in [1.807, 2.05) is 4.90 Å². The molecular formula is C15H19N3O3. The van der Waals surface area contributed by atoms with Gasteiger partial charge in [0.1, 0.15) is 6.17 Å². The number of hydrogen-bond acceptors (Lipinski definition) is 4. The second-order valence-electron chi connectivity index (χ2n) is 6.37. The van der Waals surface area contributed by atoms with Crippen molar-refractivity contribution in [2.75, 3.05) is 6.54 Å². The van der Waals surface area contributed by atoms with E-state index in [0.29, 0.717) is 18.2 Å². The number of carbonyl (C=O) groups excluding carboxylic acids is 1. The molecule has 0 aromatic carbocycles. The summed E-state index contributed by atoms with van der Waals surface area (Å²) in [5.74, 6) is -0.625. The van der Waals surface area contributed by atoms with Crippen LogP contribution in [0.3, 0.4) is 0 Å². The van der Waals surface area contributed by atoms with E-state index in [2.05, 4.69) is 11.8 Å². The fraction of sp³-hybridized carbons (Fsp3) is 0.600. The minimum Gasteiger partial charge on any atom is -0.503 e. The van der Waals surface area contributed by atoms with Gasteiger partial charge in [0.15, 0.2) is 11.4 Å². The molecule has 1 aromatic rings. The van der Waals surface area contributed by atoms with Crippen molar-refractivity contribution >= 4 is 5.91 Å². The van der Waals surface area contributed by atoms with Crippen LogP contribution in [0.1, 0.15) is 35.8 Å². The van der Waals surface area contributed by atoms with Gasteiger partial charge in [-0.15, -0.1) is 0 Å². The molecule has 1 N–H and O–H groups in total. The van der Waals surface area contributed by atoms with E-state index in [0.717, 1.165) is 13.0 Å². The monoisotopic (exact) mass is 289 g/mol. The van der Waals surface area contributed by atoms with E-state index in [-0.39, 0.29) is 23.8 Å². The highest BCUT2D eigenvalue weighted by molar-refractivity contribution is 5.96. The summed E-state index contributed by atoms with van der Waals surface area (Å²) in [7, 11) is 0. The minimum atomic E-state index is -0.444. The number of fused-ring (bicyclic) bond motifs is 4. The average Bonchev–Trinajstić information content (AvgIpc) is 3.00. The van der Waals surface area contributed by atoms with Crippen LogP contribution in [0.5, 0.6) is 5.75 Å². The van der Waals surface area contributed by atoms with Crippen molar-refractivity contribution < 1.29 is 9.90 Å². The lowest BCUT2D eigenvalue weighted by atomic mass is 10.1. The standard InChI is InChI=1S/C15H19N3O3/c1-8-6-16-7-11-17-5-3-4-10(17)9(2)18(11)15(21)12(16)14(20)13(8)19/h6,9-11,20H,3-5,7H2,1-2H3/t9-,10+,11-/m0/s1. The molecule has 2 saturated heterocycles. The summed E-state index contributed by atoms with van der Waals surface area (Å²) in [6.45, 7) is 5.38. The number of pyridine rings is 1. The lowest BCUT2D eigenvalue weighted by Crippen LogP contribution is -2.51. The molecule has 0 aliphatic carbocycles. The molecule has 4 heterocycles. The Morgan fingerprint density at radius 2 is 2.10 bits per heavy atom. The van der Waals surface area contributed by atoms with Crippen LogP contribution in [0.2, 0.25) is 0 Å². The summed E-state index contributed by atoms with van der Waals surface area (Å²) >= 11 is 0. The summed E-state index contributed by atoms with van der Waals surface area (Å²) in [5.41, 5.74) is 0.178. The molecule has 3 atom stereocenters. The Balaban J connectivity index is 1.87. The average molecular weight is 289 g/mol. The van der Waals surface area contributed by atoms with Crippen molar-refractivity contribution in [3.63, 3.8) is 0 Å². The Morgan fingerprint density at radius 3 is 2.86 bits per heavy atom. The number of amides is 1. The van der Waals surface area contributed by atoms with Crippen LogP contribution >= 0.6 is 0 Å². The van der Waals surface area contributed by atoms with Crippen LogP contribution in [-0.4, -0.2) is 50.2 Å². The third kappa shape index (κ3) is 1.51. The SMILES string of the molecule is Cc1cn2c(c(O)c1=O)C(=O)N1[C@@H](C)[C@H]3CCCN3[C@@H]1C2. The van der Waals surface area contributed by atoms with Gasteiger partial charge in [-0.1, -0.05) is 0 Å². The Morgan fingerprint density at radius 1 is 1.33 bits per heavy atom. The predicted octanol–water partition coefficient (Wildman–Crippen LogP) is 0.511. The second-order valence-corrected chi connectivity index (χ2v) is 6.37. The lowest BCUT2D eigenvalue weighted by molar-refractivity contribution is 0.0461. The van der Waals surface area contributed by atoms with Crippen LogP contribution in [0.25, 0.3) is 0 Å². The van der Waals surface area contributed by atoms with Crippen molar-refractivity contribution in [1.29, 1.82) is 0 Å². The summed E-state index contributed by atoms with van der Waals surface area (Å²) in [6, 6.07) is 0.540. The third-order valence-corrected chi connectivity index (χ3v) is 5.27.